The summed E-state index contributed by atoms with van der Waals surface area (Å²) in [7, 11) is 0. The number of carbonyl (C=O) groups is 2. The van der Waals surface area contributed by atoms with Gasteiger partial charge in [0.25, 0.3) is 0 Å². The third-order valence-corrected chi connectivity index (χ3v) is 5.26. The number of rotatable bonds is 9. The molecule has 1 aliphatic heterocycles. The summed E-state index contributed by atoms with van der Waals surface area (Å²) in [5.41, 5.74) is 3.25. The van der Waals surface area contributed by atoms with Gasteiger partial charge in [-0.2, -0.15) is 0 Å². The molecular formula is C23H29N3O2. The van der Waals surface area contributed by atoms with Gasteiger partial charge in [-0.15, -0.1) is 0 Å². The van der Waals surface area contributed by atoms with Crippen LogP contribution in [0.4, 0.5) is 11.4 Å². The summed E-state index contributed by atoms with van der Waals surface area (Å²) in [5.74, 6) is -0.0864. The monoisotopic (exact) mass is 379 g/mol. The fourth-order valence-electron chi connectivity index (χ4n) is 3.65. The first-order valence-electron chi connectivity index (χ1n) is 10.1. The first kappa shape index (κ1) is 19.9. The van der Waals surface area contributed by atoms with Crippen molar-refractivity contribution in [1.29, 1.82) is 0 Å². The maximum atomic E-state index is 12.2. The van der Waals surface area contributed by atoms with E-state index in [-0.39, 0.29) is 17.7 Å². The summed E-state index contributed by atoms with van der Waals surface area (Å²) in [6.07, 6.45) is 2.57. The van der Waals surface area contributed by atoms with Crippen molar-refractivity contribution >= 4 is 23.2 Å². The summed E-state index contributed by atoms with van der Waals surface area (Å²) in [6, 6.07) is 18.2. The van der Waals surface area contributed by atoms with Crippen LogP contribution >= 0.6 is 0 Å². The lowest BCUT2D eigenvalue weighted by Crippen LogP contribution is -2.32. The zero-order valence-electron chi connectivity index (χ0n) is 16.5. The van der Waals surface area contributed by atoms with E-state index in [2.05, 4.69) is 34.6 Å². The molecule has 1 atom stereocenters. The van der Waals surface area contributed by atoms with Gasteiger partial charge in [0.2, 0.25) is 11.8 Å². The number of amides is 2. The fraction of sp³-hybridized carbons (Fsp3) is 0.391. The Morgan fingerprint density at radius 3 is 2.68 bits per heavy atom. The number of benzene rings is 2. The van der Waals surface area contributed by atoms with Gasteiger partial charge < -0.3 is 15.5 Å². The molecule has 1 aliphatic rings. The quantitative estimate of drug-likeness (QED) is 0.654. The molecule has 3 rings (SSSR count). The van der Waals surface area contributed by atoms with Gasteiger partial charge in [0.1, 0.15) is 0 Å². The minimum absolute atomic E-state index is 0.0212. The van der Waals surface area contributed by atoms with Crippen molar-refractivity contribution in [3.8, 4) is 0 Å². The Balaban J connectivity index is 1.36. The van der Waals surface area contributed by atoms with Crippen molar-refractivity contribution in [1.82, 2.24) is 5.32 Å². The molecule has 2 aromatic carbocycles. The van der Waals surface area contributed by atoms with Crippen molar-refractivity contribution in [2.75, 3.05) is 29.9 Å². The smallest absolute Gasteiger partial charge is 0.227 e. The van der Waals surface area contributed by atoms with Crippen LogP contribution in [0, 0.1) is 5.92 Å². The molecule has 2 amide bonds. The van der Waals surface area contributed by atoms with E-state index in [1.807, 2.05) is 42.5 Å². The molecule has 1 heterocycles. The van der Waals surface area contributed by atoms with Crippen molar-refractivity contribution in [2.24, 2.45) is 5.92 Å². The highest BCUT2D eigenvalue weighted by Gasteiger charge is 2.26. The third kappa shape index (κ3) is 5.35. The summed E-state index contributed by atoms with van der Waals surface area (Å²) in [4.78, 5) is 26.7. The van der Waals surface area contributed by atoms with E-state index in [1.54, 1.807) is 0 Å². The molecule has 2 N–H and O–H groups in total. The average Bonchev–Trinajstić information content (AvgIpc) is 2.73. The summed E-state index contributed by atoms with van der Waals surface area (Å²) >= 11 is 0. The Morgan fingerprint density at radius 1 is 1.14 bits per heavy atom. The van der Waals surface area contributed by atoms with E-state index in [0.717, 1.165) is 30.8 Å². The van der Waals surface area contributed by atoms with Gasteiger partial charge in [0, 0.05) is 43.3 Å². The second-order valence-corrected chi connectivity index (χ2v) is 7.20. The molecule has 0 radical (unpaired) electrons. The number of nitrogens with zero attached hydrogens (tertiary/aromatic N) is 1. The van der Waals surface area contributed by atoms with Crippen molar-refractivity contribution in [3.63, 3.8) is 0 Å². The summed E-state index contributed by atoms with van der Waals surface area (Å²) in [5, 5.41) is 5.93. The van der Waals surface area contributed by atoms with Crippen LogP contribution in [-0.2, 0) is 16.0 Å². The van der Waals surface area contributed by atoms with Gasteiger partial charge in [-0.3, -0.25) is 9.59 Å². The lowest BCUT2D eigenvalue weighted by molar-refractivity contribution is -0.122. The van der Waals surface area contributed by atoms with Gasteiger partial charge in [0.15, 0.2) is 0 Å². The van der Waals surface area contributed by atoms with E-state index in [0.29, 0.717) is 25.8 Å². The molecule has 0 saturated carbocycles. The van der Waals surface area contributed by atoms with Gasteiger partial charge in [-0.05, 0) is 49.9 Å². The SMILES string of the molecule is CCN(CCCNC(=O)CCC1Cc2ccccc2NC1=O)c1ccccc1. The number of hydrogen-bond acceptors (Lipinski definition) is 3. The maximum absolute atomic E-state index is 12.2. The van der Waals surface area contributed by atoms with Gasteiger partial charge in [-0.25, -0.2) is 0 Å². The highest BCUT2D eigenvalue weighted by molar-refractivity contribution is 5.96. The average molecular weight is 380 g/mol. The third-order valence-electron chi connectivity index (χ3n) is 5.26. The Labute approximate surface area is 167 Å². The lowest BCUT2D eigenvalue weighted by atomic mass is 9.89. The van der Waals surface area contributed by atoms with E-state index in [1.165, 1.54) is 5.69 Å². The van der Waals surface area contributed by atoms with E-state index in [4.69, 9.17) is 0 Å². The Hall–Kier alpha value is -2.82. The maximum Gasteiger partial charge on any atom is 0.227 e. The zero-order valence-corrected chi connectivity index (χ0v) is 16.5. The van der Waals surface area contributed by atoms with Crippen LogP contribution < -0.4 is 15.5 Å². The Bertz CT molecular complexity index is 791. The number of fused-ring (bicyclic) bond motifs is 1. The van der Waals surface area contributed by atoms with Crippen LogP contribution in [0.25, 0.3) is 0 Å². The van der Waals surface area contributed by atoms with E-state index in [9.17, 15) is 9.59 Å². The van der Waals surface area contributed by atoms with Crippen LogP contribution in [0.5, 0.6) is 0 Å². The summed E-state index contributed by atoms with van der Waals surface area (Å²) in [6.45, 7) is 4.64. The van der Waals surface area contributed by atoms with Crippen LogP contribution in [0.1, 0.15) is 31.7 Å². The Morgan fingerprint density at radius 2 is 1.89 bits per heavy atom. The van der Waals surface area contributed by atoms with Crippen molar-refractivity contribution in [3.05, 3.63) is 60.2 Å². The molecule has 0 bridgehead atoms. The lowest BCUT2D eigenvalue weighted by Gasteiger charge is -2.24. The standard InChI is InChI=1S/C23H29N3O2/c1-2-26(20-10-4-3-5-11-20)16-8-15-24-22(27)14-13-19-17-18-9-6-7-12-21(18)25-23(19)28/h3-7,9-12,19H,2,8,13-17H2,1H3,(H,24,27)(H,25,28). The topological polar surface area (TPSA) is 61.4 Å². The summed E-state index contributed by atoms with van der Waals surface area (Å²) < 4.78 is 0. The Kier molecular flexibility index (Phi) is 7.06. The van der Waals surface area contributed by atoms with Gasteiger partial charge in [0.05, 0.1) is 0 Å². The highest BCUT2D eigenvalue weighted by atomic mass is 16.2. The molecular weight excluding hydrogens is 350 g/mol. The minimum Gasteiger partial charge on any atom is -0.372 e. The minimum atomic E-state index is -0.130. The van der Waals surface area contributed by atoms with Gasteiger partial charge in [-0.1, -0.05) is 36.4 Å². The zero-order chi connectivity index (χ0) is 19.8. The van der Waals surface area contributed by atoms with Crippen molar-refractivity contribution in [2.45, 2.75) is 32.6 Å². The highest BCUT2D eigenvalue weighted by Crippen LogP contribution is 2.27. The normalized spacial score (nSPS) is 15.5. The molecule has 0 fully saturated rings. The second-order valence-electron chi connectivity index (χ2n) is 7.20. The predicted octanol–water partition coefficient (Wildman–Crippen LogP) is 3.61. The first-order valence-corrected chi connectivity index (χ1v) is 10.1. The van der Waals surface area contributed by atoms with Crippen LogP contribution in [0.3, 0.4) is 0 Å². The predicted molar refractivity (Wildman–Crippen MR) is 113 cm³/mol. The molecule has 0 spiro atoms. The molecule has 0 saturated heterocycles. The van der Waals surface area contributed by atoms with Gasteiger partial charge >= 0.3 is 0 Å². The van der Waals surface area contributed by atoms with Crippen LogP contribution in [0.2, 0.25) is 0 Å². The molecule has 5 nitrogen and oxygen atoms in total. The molecule has 0 aromatic heterocycles. The molecule has 0 aliphatic carbocycles. The number of nitrogens with one attached hydrogen (secondary N) is 2. The van der Waals surface area contributed by atoms with Crippen LogP contribution in [-0.4, -0.2) is 31.4 Å². The number of para-hydroxylation sites is 2. The molecule has 148 valence electrons. The molecule has 1 unspecified atom stereocenters. The van der Waals surface area contributed by atoms with E-state index >= 15 is 0 Å². The molecule has 5 heteroatoms. The molecule has 2 aromatic rings. The number of carbonyl (C=O) groups excluding carboxylic acids is 2. The van der Waals surface area contributed by atoms with Crippen LogP contribution in [0.15, 0.2) is 54.6 Å². The second kappa shape index (κ2) is 9.93. The molecule has 28 heavy (non-hydrogen) atoms. The fourth-order valence-corrected chi connectivity index (χ4v) is 3.65. The van der Waals surface area contributed by atoms with E-state index < -0.39 is 0 Å². The van der Waals surface area contributed by atoms with Crippen molar-refractivity contribution < 1.29 is 9.59 Å². The largest absolute Gasteiger partial charge is 0.372 e. The first-order chi connectivity index (χ1) is 13.7. The number of anilines is 2. The number of hydrogen-bond donors (Lipinski definition) is 2.